The van der Waals surface area contributed by atoms with Crippen molar-refractivity contribution in [3.8, 4) is 11.5 Å². The Morgan fingerprint density at radius 2 is 1.59 bits per heavy atom. The van der Waals surface area contributed by atoms with Gasteiger partial charge in [-0.3, -0.25) is 0 Å². The van der Waals surface area contributed by atoms with Crippen molar-refractivity contribution in [2.75, 3.05) is 21.2 Å². The van der Waals surface area contributed by atoms with Gasteiger partial charge in [-0.25, -0.2) is 0 Å². The number of methoxy groups -OCH3 is 1. The molecule has 1 rings (SSSR count). The number of nitrogens with zero attached hydrogens (tertiary/aromatic N) is 1. The fourth-order valence-corrected chi connectivity index (χ4v) is 4.58. The molecule has 1 aromatic rings. The van der Waals surface area contributed by atoms with Gasteiger partial charge >= 0.3 is 0 Å². The Morgan fingerprint density at radius 3 is 2.00 bits per heavy atom. The quantitative estimate of drug-likeness (QED) is 0.379. The fourth-order valence-electron chi connectivity index (χ4n) is 2.80. The van der Waals surface area contributed by atoms with E-state index in [1.54, 1.807) is 7.11 Å². The SMILES string of the molecule is COc1cc(CN(C)C)c(C(C=C(C)C)O[Si](C)(C)C)cc1O[Si](C)(C)C. The second kappa shape index (κ2) is 9.41. The van der Waals surface area contributed by atoms with Crippen molar-refractivity contribution in [3.63, 3.8) is 0 Å². The Hall–Kier alpha value is -1.09. The highest BCUT2D eigenvalue weighted by molar-refractivity contribution is 6.70. The highest BCUT2D eigenvalue weighted by Gasteiger charge is 2.26. The van der Waals surface area contributed by atoms with E-state index >= 15 is 0 Å². The lowest BCUT2D eigenvalue weighted by atomic mass is 9.99. The van der Waals surface area contributed by atoms with Crippen LogP contribution in [0.1, 0.15) is 31.1 Å². The van der Waals surface area contributed by atoms with Crippen LogP contribution in [0.15, 0.2) is 23.8 Å². The van der Waals surface area contributed by atoms with E-state index in [1.807, 2.05) is 0 Å². The molecule has 0 saturated carbocycles. The number of hydrogen-bond acceptors (Lipinski definition) is 4. The summed E-state index contributed by atoms with van der Waals surface area (Å²) in [4.78, 5) is 2.17. The van der Waals surface area contributed by atoms with E-state index in [9.17, 15) is 0 Å². The lowest BCUT2D eigenvalue weighted by Crippen LogP contribution is -2.30. The maximum atomic E-state index is 6.57. The second-order valence-corrected chi connectivity index (χ2v) is 18.4. The molecule has 0 fully saturated rings. The van der Waals surface area contributed by atoms with Crippen LogP contribution >= 0.6 is 0 Å². The van der Waals surface area contributed by atoms with Gasteiger partial charge in [-0.2, -0.15) is 0 Å². The molecule has 154 valence electrons. The molecular formula is C21H39NO3Si2. The summed E-state index contributed by atoms with van der Waals surface area (Å²) in [5, 5.41) is 0. The Morgan fingerprint density at radius 1 is 1.00 bits per heavy atom. The largest absolute Gasteiger partial charge is 0.542 e. The van der Waals surface area contributed by atoms with Gasteiger partial charge in [0.25, 0.3) is 0 Å². The van der Waals surface area contributed by atoms with Crippen molar-refractivity contribution in [2.45, 2.75) is 65.8 Å². The normalized spacial score (nSPS) is 13.5. The van der Waals surface area contributed by atoms with Crippen molar-refractivity contribution < 1.29 is 13.6 Å². The van der Waals surface area contributed by atoms with Crippen LogP contribution in [0.5, 0.6) is 11.5 Å². The van der Waals surface area contributed by atoms with Gasteiger partial charge in [-0.05, 0) is 90.5 Å². The van der Waals surface area contributed by atoms with Gasteiger partial charge < -0.3 is 18.5 Å². The van der Waals surface area contributed by atoms with Crippen LogP contribution in [0, 0.1) is 0 Å². The summed E-state index contributed by atoms with van der Waals surface area (Å²) < 4.78 is 18.6. The third kappa shape index (κ3) is 8.64. The number of rotatable bonds is 9. The first kappa shape index (κ1) is 24.0. The molecule has 0 saturated heterocycles. The number of hydrogen-bond donors (Lipinski definition) is 0. The van der Waals surface area contributed by atoms with Gasteiger partial charge in [0, 0.05) is 6.54 Å². The molecule has 0 N–H and O–H groups in total. The average Bonchev–Trinajstić information content (AvgIpc) is 2.43. The molecule has 0 aliphatic carbocycles. The minimum Gasteiger partial charge on any atom is -0.542 e. The molecule has 0 amide bonds. The molecule has 0 radical (unpaired) electrons. The summed E-state index contributed by atoms with van der Waals surface area (Å²) >= 11 is 0. The lowest BCUT2D eigenvalue weighted by Gasteiger charge is -2.29. The first-order valence-electron chi connectivity index (χ1n) is 9.59. The molecule has 0 bridgehead atoms. The second-order valence-electron chi connectivity index (χ2n) is 9.55. The van der Waals surface area contributed by atoms with E-state index in [-0.39, 0.29) is 6.10 Å². The maximum Gasteiger partial charge on any atom is 0.242 e. The van der Waals surface area contributed by atoms with Crippen molar-refractivity contribution in [1.82, 2.24) is 4.90 Å². The Balaban J connectivity index is 3.61. The highest BCUT2D eigenvalue weighted by atomic mass is 28.4. The molecule has 27 heavy (non-hydrogen) atoms. The monoisotopic (exact) mass is 409 g/mol. The highest BCUT2D eigenvalue weighted by Crippen LogP contribution is 2.38. The molecule has 6 heteroatoms. The summed E-state index contributed by atoms with van der Waals surface area (Å²) in [6, 6.07) is 4.25. The van der Waals surface area contributed by atoms with Crippen LogP contribution in [-0.4, -0.2) is 42.7 Å². The van der Waals surface area contributed by atoms with E-state index in [4.69, 9.17) is 13.6 Å². The fraction of sp³-hybridized carbons (Fsp3) is 0.619. The van der Waals surface area contributed by atoms with E-state index in [0.717, 1.165) is 18.0 Å². The zero-order valence-corrected chi connectivity index (χ0v) is 21.2. The summed E-state index contributed by atoms with van der Waals surface area (Å²) in [5.41, 5.74) is 3.62. The topological polar surface area (TPSA) is 30.9 Å². The van der Waals surface area contributed by atoms with E-state index in [1.165, 1.54) is 16.7 Å². The van der Waals surface area contributed by atoms with Crippen LogP contribution in [-0.2, 0) is 11.0 Å². The molecule has 0 heterocycles. The average molecular weight is 410 g/mol. The van der Waals surface area contributed by atoms with Gasteiger partial charge in [0.2, 0.25) is 8.32 Å². The Bertz CT molecular complexity index is 655. The molecule has 0 aromatic heterocycles. The van der Waals surface area contributed by atoms with Crippen molar-refractivity contribution in [3.05, 3.63) is 34.9 Å². The van der Waals surface area contributed by atoms with Gasteiger partial charge in [0.15, 0.2) is 14.1 Å². The molecule has 0 aliphatic heterocycles. The molecule has 1 aromatic carbocycles. The summed E-state index contributed by atoms with van der Waals surface area (Å²) in [6.07, 6.45) is 2.14. The number of benzene rings is 1. The van der Waals surface area contributed by atoms with E-state index < -0.39 is 16.6 Å². The molecule has 4 nitrogen and oxygen atoms in total. The summed E-state index contributed by atoms with van der Waals surface area (Å²) in [7, 11) is 2.36. The molecular weight excluding hydrogens is 370 g/mol. The third-order valence-corrected chi connectivity index (χ3v) is 5.39. The van der Waals surface area contributed by atoms with Crippen LogP contribution in [0.2, 0.25) is 39.3 Å². The minimum atomic E-state index is -1.77. The Kier molecular flexibility index (Phi) is 8.35. The maximum absolute atomic E-state index is 6.57. The Labute approximate surface area is 168 Å². The van der Waals surface area contributed by atoms with Gasteiger partial charge in [-0.15, -0.1) is 0 Å². The molecule has 0 spiro atoms. The van der Waals surface area contributed by atoms with Gasteiger partial charge in [0.05, 0.1) is 13.2 Å². The van der Waals surface area contributed by atoms with E-state index in [0.29, 0.717) is 0 Å². The summed E-state index contributed by atoms with van der Waals surface area (Å²) in [5.74, 6) is 1.61. The first-order chi connectivity index (χ1) is 12.2. The first-order valence-corrected chi connectivity index (χ1v) is 16.4. The predicted octanol–water partition coefficient (Wildman–Crippen LogP) is 5.83. The third-order valence-electron chi connectivity index (χ3n) is 3.60. The van der Waals surface area contributed by atoms with Gasteiger partial charge in [0.1, 0.15) is 5.75 Å². The zero-order chi connectivity index (χ0) is 21.0. The smallest absolute Gasteiger partial charge is 0.242 e. The van der Waals surface area contributed by atoms with Crippen LogP contribution in [0.3, 0.4) is 0 Å². The van der Waals surface area contributed by atoms with Crippen LogP contribution in [0.25, 0.3) is 0 Å². The van der Waals surface area contributed by atoms with E-state index in [2.05, 4.69) is 90.3 Å². The predicted molar refractivity (Wildman–Crippen MR) is 121 cm³/mol. The number of ether oxygens (including phenoxy) is 1. The number of allylic oxidation sites excluding steroid dienone is 1. The minimum absolute atomic E-state index is 0.0773. The zero-order valence-electron chi connectivity index (χ0n) is 19.2. The molecule has 1 atom stereocenters. The van der Waals surface area contributed by atoms with Gasteiger partial charge in [-0.1, -0.05) is 11.6 Å². The van der Waals surface area contributed by atoms with Crippen molar-refractivity contribution in [1.29, 1.82) is 0 Å². The van der Waals surface area contributed by atoms with Crippen LogP contribution in [0.4, 0.5) is 0 Å². The molecule has 0 aliphatic rings. The molecule has 1 unspecified atom stereocenters. The lowest BCUT2D eigenvalue weighted by molar-refractivity contribution is 0.243. The standard InChI is InChI=1S/C21H39NO3Si2/c1-16(2)12-19(24-26(6,7)8)18-14-21(25-27(9,10)11)20(23-5)13-17(18)15-22(3)4/h12-14,19H,15H2,1-11H3. The van der Waals surface area contributed by atoms with Crippen molar-refractivity contribution in [2.24, 2.45) is 0 Å². The summed E-state index contributed by atoms with van der Waals surface area (Å²) in [6.45, 7) is 18.3. The van der Waals surface area contributed by atoms with Crippen LogP contribution < -0.4 is 9.16 Å². The van der Waals surface area contributed by atoms with Crippen molar-refractivity contribution >= 4 is 16.6 Å².